The van der Waals surface area contributed by atoms with Crippen molar-refractivity contribution in [2.24, 2.45) is 5.92 Å². The lowest BCUT2D eigenvalue weighted by molar-refractivity contribution is 0.562. The number of anilines is 1. The van der Waals surface area contributed by atoms with Crippen LogP contribution in [-0.2, 0) is 0 Å². The molecule has 0 spiro atoms. The molecule has 0 aromatic heterocycles. The van der Waals surface area contributed by atoms with E-state index in [1.165, 1.54) is 10.6 Å². The lowest BCUT2D eigenvalue weighted by atomic mass is 10.1. The highest BCUT2D eigenvalue weighted by molar-refractivity contribution is 7.99. The summed E-state index contributed by atoms with van der Waals surface area (Å²) in [6.07, 6.45) is 0. The summed E-state index contributed by atoms with van der Waals surface area (Å²) in [5.74, 6) is 1.80. The summed E-state index contributed by atoms with van der Waals surface area (Å²) >= 11 is 7.83. The van der Waals surface area contributed by atoms with Gasteiger partial charge in [0.15, 0.2) is 0 Å². The average Bonchev–Trinajstić information content (AvgIpc) is 2.16. The van der Waals surface area contributed by atoms with E-state index in [4.69, 9.17) is 11.6 Å². The van der Waals surface area contributed by atoms with Crippen LogP contribution in [0.3, 0.4) is 0 Å². The molecule has 1 aliphatic heterocycles. The van der Waals surface area contributed by atoms with E-state index in [0.717, 1.165) is 10.8 Å². The molecule has 2 rings (SSSR count). The molecule has 1 N–H and O–H groups in total. The highest BCUT2D eigenvalue weighted by Gasteiger charge is 2.20. The van der Waals surface area contributed by atoms with Gasteiger partial charge in [0.25, 0.3) is 0 Å². The molecule has 1 aliphatic rings. The fourth-order valence-corrected chi connectivity index (χ4v) is 3.07. The zero-order valence-corrected chi connectivity index (χ0v) is 9.95. The van der Waals surface area contributed by atoms with E-state index in [9.17, 15) is 0 Å². The van der Waals surface area contributed by atoms with Crippen molar-refractivity contribution in [3.63, 3.8) is 0 Å². The van der Waals surface area contributed by atoms with Crippen LogP contribution >= 0.6 is 23.4 Å². The molecule has 0 saturated carbocycles. The van der Waals surface area contributed by atoms with Crippen molar-refractivity contribution in [3.8, 4) is 0 Å². The molecule has 1 aromatic carbocycles. The second-order valence-electron chi connectivity index (χ2n) is 3.95. The summed E-state index contributed by atoms with van der Waals surface area (Å²) in [7, 11) is 0. The Bertz CT molecular complexity index is 338. The molecule has 14 heavy (non-hydrogen) atoms. The molecule has 0 fully saturated rings. The van der Waals surface area contributed by atoms with Crippen LogP contribution in [0.1, 0.15) is 13.8 Å². The van der Waals surface area contributed by atoms with Gasteiger partial charge in [0.2, 0.25) is 0 Å². The van der Waals surface area contributed by atoms with E-state index in [-0.39, 0.29) is 0 Å². The van der Waals surface area contributed by atoms with Crippen molar-refractivity contribution < 1.29 is 0 Å². The number of hydrogen-bond donors (Lipinski definition) is 1. The Kier molecular flexibility index (Phi) is 2.93. The van der Waals surface area contributed by atoms with Crippen molar-refractivity contribution in [2.45, 2.75) is 24.8 Å². The van der Waals surface area contributed by atoms with Gasteiger partial charge in [-0.15, -0.1) is 11.8 Å². The van der Waals surface area contributed by atoms with Gasteiger partial charge in [-0.2, -0.15) is 0 Å². The molecule has 0 bridgehead atoms. The normalized spacial score (nSPS) is 20.4. The predicted octanol–water partition coefficient (Wildman–Crippen LogP) is 3.88. The van der Waals surface area contributed by atoms with Gasteiger partial charge in [-0.25, -0.2) is 0 Å². The maximum absolute atomic E-state index is 5.93. The molecule has 1 atom stereocenters. The Morgan fingerprint density at radius 1 is 1.50 bits per heavy atom. The third-order valence-electron chi connectivity index (χ3n) is 2.51. The average molecular weight is 228 g/mol. The number of fused-ring (bicyclic) bond motifs is 1. The van der Waals surface area contributed by atoms with Crippen LogP contribution in [0.25, 0.3) is 0 Å². The van der Waals surface area contributed by atoms with Gasteiger partial charge in [-0.05, 0) is 24.1 Å². The monoisotopic (exact) mass is 227 g/mol. The van der Waals surface area contributed by atoms with Gasteiger partial charge in [-0.3, -0.25) is 0 Å². The predicted molar refractivity (Wildman–Crippen MR) is 64.4 cm³/mol. The third-order valence-corrected chi connectivity index (χ3v) is 3.92. The fraction of sp³-hybridized carbons (Fsp3) is 0.455. The number of benzene rings is 1. The Labute approximate surface area is 94.2 Å². The molecule has 0 amide bonds. The number of halogens is 1. The number of rotatable bonds is 1. The van der Waals surface area contributed by atoms with Gasteiger partial charge < -0.3 is 5.32 Å². The minimum atomic E-state index is 0.577. The van der Waals surface area contributed by atoms with Crippen LogP contribution < -0.4 is 5.32 Å². The summed E-state index contributed by atoms with van der Waals surface area (Å²) in [5.41, 5.74) is 1.23. The molecule has 1 unspecified atom stereocenters. The molecular weight excluding hydrogens is 214 g/mol. The molecule has 1 heterocycles. The summed E-state index contributed by atoms with van der Waals surface area (Å²) in [6, 6.07) is 6.62. The molecular formula is C11H14ClNS. The Morgan fingerprint density at radius 3 is 3.00 bits per heavy atom. The highest BCUT2D eigenvalue weighted by Crippen LogP contribution is 2.36. The Hall–Kier alpha value is -0.340. The van der Waals surface area contributed by atoms with Crippen LogP contribution in [0.15, 0.2) is 23.1 Å². The highest BCUT2D eigenvalue weighted by atomic mass is 35.5. The van der Waals surface area contributed by atoms with E-state index in [2.05, 4.69) is 25.2 Å². The molecule has 3 heteroatoms. The number of hydrogen-bond acceptors (Lipinski definition) is 2. The maximum Gasteiger partial charge on any atom is 0.0481 e. The van der Waals surface area contributed by atoms with Crippen LogP contribution in [0.4, 0.5) is 5.69 Å². The number of nitrogens with one attached hydrogen (secondary N) is 1. The smallest absolute Gasteiger partial charge is 0.0481 e. The van der Waals surface area contributed by atoms with Crippen molar-refractivity contribution in [1.82, 2.24) is 0 Å². The van der Waals surface area contributed by atoms with Crippen molar-refractivity contribution in [2.75, 3.05) is 11.1 Å². The van der Waals surface area contributed by atoms with Crippen LogP contribution in [-0.4, -0.2) is 11.8 Å². The zero-order chi connectivity index (χ0) is 10.1. The van der Waals surface area contributed by atoms with Gasteiger partial charge in [0.05, 0.1) is 0 Å². The summed E-state index contributed by atoms with van der Waals surface area (Å²) in [5, 5.41) is 4.36. The summed E-state index contributed by atoms with van der Waals surface area (Å²) < 4.78 is 0. The first-order chi connectivity index (χ1) is 6.66. The lowest BCUT2D eigenvalue weighted by Crippen LogP contribution is -2.30. The van der Waals surface area contributed by atoms with E-state index in [1.807, 2.05) is 23.9 Å². The van der Waals surface area contributed by atoms with E-state index in [0.29, 0.717) is 12.0 Å². The molecule has 0 saturated heterocycles. The van der Waals surface area contributed by atoms with E-state index >= 15 is 0 Å². The molecule has 76 valence electrons. The van der Waals surface area contributed by atoms with Crippen molar-refractivity contribution in [1.29, 1.82) is 0 Å². The molecule has 0 aliphatic carbocycles. The van der Waals surface area contributed by atoms with Gasteiger partial charge >= 0.3 is 0 Å². The van der Waals surface area contributed by atoms with E-state index in [1.54, 1.807) is 0 Å². The first kappa shape index (κ1) is 10.2. The van der Waals surface area contributed by atoms with Gasteiger partial charge in [0.1, 0.15) is 0 Å². The minimum Gasteiger partial charge on any atom is -0.380 e. The lowest BCUT2D eigenvalue weighted by Gasteiger charge is -2.29. The van der Waals surface area contributed by atoms with Crippen molar-refractivity contribution in [3.05, 3.63) is 23.2 Å². The van der Waals surface area contributed by atoms with Gasteiger partial charge in [-0.1, -0.05) is 25.4 Å². The first-order valence-electron chi connectivity index (χ1n) is 4.85. The molecule has 0 radical (unpaired) electrons. The van der Waals surface area contributed by atoms with Crippen molar-refractivity contribution >= 4 is 29.1 Å². The first-order valence-corrected chi connectivity index (χ1v) is 6.22. The molecule has 1 aromatic rings. The summed E-state index contributed by atoms with van der Waals surface area (Å²) in [4.78, 5) is 1.27. The second kappa shape index (κ2) is 4.03. The minimum absolute atomic E-state index is 0.577. The van der Waals surface area contributed by atoms with E-state index < -0.39 is 0 Å². The Morgan fingerprint density at radius 2 is 2.29 bits per heavy atom. The topological polar surface area (TPSA) is 12.0 Å². The van der Waals surface area contributed by atoms with Gasteiger partial charge in [0, 0.05) is 27.4 Å². The Balaban J connectivity index is 2.23. The molecule has 1 nitrogen and oxygen atoms in total. The zero-order valence-electron chi connectivity index (χ0n) is 8.38. The van der Waals surface area contributed by atoms with Crippen LogP contribution in [0, 0.1) is 5.92 Å². The largest absolute Gasteiger partial charge is 0.380 e. The quantitative estimate of drug-likeness (QED) is 0.782. The van der Waals surface area contributed by atoms with Crippen LogP contribution in [0.2, 0.25) is 5.02 Å². The number of thioether (sulfide) groups is 1. The second-order valence-corrected chi connectivity index (χ2v) is 5.44. The van der Waals surface area contributed by atoms with Crippen LogP contribution in [0.5, 0.6) is 0 Å². The third kappa shape index (κ3) is 2.01. The SMILES string of the molecule is CC(C)C1CSc2cc(Cl)ccc2N1. The maximum atomic E-state index is 5.93. The fourth-order valence-electron chi connectivity index (χ4n) is 1.51. The standard InChI is InChI=1S/C11H14ClNS/c1-7(2)10-6-14-11-5-8(12)3-4-9(11)13-10/h3-5,7,10,13H,6H2,1-2H3. The summed E-state index contributed by atoms with van der Waals surface area (Å²) in [6.45, 7) is 4.50.